The molecule has 310 valence electrons. The summed E-state index contributed by atoms with van der Waals surface area (Å²) < 4.78 is 15.8. The van der Waals surface area contributed by atoms with Gasteiger partial charge in [-0.2, -0.15) is 0 Å². The number of benzene rings is 3. The molecule has 3 aromatic heterocycles. The fourth-order valence-electron chi connectivity index (χ4n) is 8.10. The lowest BCUT2D eigenvalue weighted by Gasteiger charge is -2.30. The number of amides is 4. The Hall–Kier alpha value is -6.97. The normalized spacial score (nSPS) is 17.5. The van der Waals surface area contributed by atoms with Crippen LogP contribution in [-0.2, 0) is 19.1 Å². The van der Waals surface area contributed by atoms with Crippen LogP contribution in [0.1, 0.15) is 74.9 Å². The molecule has 0 saturated carbocycles. The Bertz CT molecular complexity index is 2490. The van der Waals surface area contributed by atoms with Crippen molar-refractivity contribution in [3.8, 4) is 34.0 Å². The third kappa shape index (κ3) is 8.04. The van der Waals surface area contributed by atoms with Crippen LogP contribution in [0.3, 0.4) is 0 Å². The first-order chi connectivity index (χ1) is 29.1. The number of fused-ring (bicyclic) bond motifs is 1. The number of hydrogen-bond donors (Lipinski definition) is 4. The molecule has 4 unspecified atom stereocenters. The lowest BCUT2D eigenvalue weighted by atomic mass is 10.0. The van der Waals surface area contributed by atoms with Gasteiger partial charge in [0.05, 0.1) is 50.1 Å². The van der Waals surface area contributed by atoms with E-state index in [0.717, 1.165) is 53.8 Å². The lowest BCUT2D eigenvalue weighted by molar-refractivity contribution is -0.135. The van der Waals surface area contributed by atoms with Gasteiger partial charge < -0.3 is 44.3 Å². The predicted molar refractivity (Wildman–Crippen MR) is 221 cm³/mol. The van der Waals surface area contributed by atoms with Gasteiger partial charge in [-0.15, -0.1) is 0 Å². The summed E-state index contributed by atoms with van der Waals surface area (Å²) in [5.41, 5.74) is 6.11. The molecule has 0 spiro atoms. The smallest absolute Gasteiger partial charge is 0.407 e. The van der Waals surface area contributed by atoms with Crippen molar-refractivity contribution in [1.29, 1.82) is 0 Å². The lowest BCUT2D eigenvalue weighted by Crippen LogP contribution is -2.51. The Balaban J connectivity index is 0.951. The Kier molecular flexibility index (Phi) is 11.3. The van der Waals surface area contributed by atoms with Crippen molar-refractivity contribution in [2.45, 2.75) is 63.7 Å². The summed E-state index contributed by atoms with van der Waals surface area (Å²) >= 11 is 0. The second kappa shape index (κ2) is 17.1. The molecule has 0 bridgehead atoms. The summed E-state index contributed by atoms with van der Waals surface area (Å²) in [5.74, 6) is 1.30. The van der Waals surface area contributed by atoms with Crippen molar-refractivity contribution in [3.05, 3.63) is 102 Å². The number of carbonyl (C=O) groups excluding carboxylic acids is 4. The van der Waals surface area contributed by atoms with Crippen molar-refractivity contribution >= 4 is 35.1 Å². The molecule has 5 heterocycles. The van der Waals surface area contributed by atoms with Gasteiger partial charge in [-0.05, 0) is 67.0 Å². The maximum atomic E-state index is 13.9. The number of imidazole rings is 2. The molecule has 4 N–H and O–H groups in total. The highest BCUT2D eigenvalue weighted by Gasteiger charge is 2.39. The number of nitrogens with zero attached hydrogens (tertiary/aromatic N) is 5. The molecule has 16 nitrogen and oxygen atoms in total. The van der Waals surface area contributed by atoms with E-state index < -0.39 is 24.3 Å². The number of hydrogen-bond acceptors (Lipinski definition) is 10. The number of alkyl carbamates (subject to hydrolysis) is 2. The fourth-order valence-corrected chi connectivity index (χ4v) is 8.10. The SMILES string of the molecule is COC(=O)NC(C(=O)N1CCCC1c1ncc(-c2ccc(-c3nc4ccc(-c5cnc(C6CCCN6C(=O)C(NC(=O)OC)C(C)C)[nH]5)cc4o3)cc2)[nH]1)c1ccccc1. The van der Waals surface area contributed by atoms with Gasteiger partial charge in [0, 0.05) is 24.2 Å². The molecule has 0 aliphatic carbocycles. The summed E-state index contributed by atoms with van der Waals surface area (Å²) in [6, 6.07) is 20.6. The average molecular weight is 814 g/mol. The molecule has 16 heteroatoms. The minimum atomic E-state index is -0.896. The van der Waals surface area contributed by atoms with Gasteiger partial charge in [0.25, 0.3) is 5.91 Å². The van der Waals surface area contributed by atoms with E-state index >= 15 is 0 Å². The van der Waals surface area contributed by atoms with Crippen LogP contribution >= 0.6 is 0 Å². The predicted octanol–water partition coefficient (Wildman–Crippen LogP) is 7.08. The second-order valence-corrected chi connectivity index (χ2v) is 15.4. The van der Waals surface area contributed by atoms with Crippen molar-refractivity contribution in [3.63, 3.8) is 0 Å². The highest BCUT2D eigenvalue weighted by Crippen LogP contribution is 2.36. The maximum absolute atomic E-state index is 13.9. The van der Waals surface area contributed by atoms with E-state index in [1.807, 2.05) is 86.6 Å². The molecular formula is C44H47N9O7. The topological polar surface area (TPSA) is 201 Å². The van der Waals surface area contributed by atoms with Gasteiger partial charge in [0.15, 0.2) is 5.58 Å². The zero-order chi connectivity index (χ0) is 41.9. The molecule has 6 aromatic rings. The van der Waals surface area contributed by atoms with Crippen molar-refractivity contribution < 1.29 is 33.1 Å². The number of aromatic nitrogens is 5. The molecule has 60 heavy (non-hydrogen) atoms. The number of aromatic amines is 2. The number of carbonyl (C=O) groups is 4. The number of rotatable bonds is 11. The quantitative estimate of drug-likeness (QED) is 0.105. The minimum absolute atomic E-state index is 0.126. The van der Waals surface area contributed by atoms with E-state index in [-0.39, 0.29) is 29.8 Å². The molecule has 4 amide bonds. The summed E-state index contributed by atoms with van der Waals surface area (Å²) in [6.07, 6.45) is 5.31. The zero-order valence-electron chi connectivity index (χ0n) is 33.8. The third-order valence-corrected chi connectivity index (χ3v) is 11.3. The average Bonchev–Trinajstić information content (AvgIpc) is 4.13. The van der Waals surface area contributed by atoms with Crippen molar-refractivity contribution in [2.24, 2.45) is 5.92 Å². The summed E-state index contributed by atoms with van der Waals surface area (Å²) in [7, 11) is 2.55. The first kappa shape index (κ1) is 39.8. The Labute approximate surface area is 346 Å². The van der Waals surface area contributed by atoms with E-state index in [1.54, 1.807) is 22.2 Å². The Morgan fingerprint density at radius 1 is 0.733 bits per heavy atom. The third-order valence-electron chi connectivity index (χ3n) is 11.3. The number of ether oxygens (including phenoxy) is 2. The Morgan fingerprint density at radius 3 is 1.92 bits per heavy atom. The van der Waals surface area contributed by atoms with Gasteiger partial charge in [-0.3, -0.25) is 9.59 Å². The summed E-state index contributed by atoms with van der Waals surface area (Å²) in [4.78, 5) is 76.2. The fraction of sp³-hybridized carbons (Fsp3) is 0.341. The molecule has 8 rings (SSSR count). The number of oxazole rings is 1. The minimum Gasteiger partial charge on any atom is -0.453 e. The zero-order valence-corrected chi connectivity index (χ0v) is 33.8. The van der Waals surface area contributed by atoms with Crippen molar-refractivity contribution in [1.82, 2.24) is 45.4 Å². The molecule has 3 aromatic carbocycles. The summed E-state index contributed by atoms with van der Waals surface area (Å²) in [6.45, 7) is 4.88. The first-order valence-electron chi connectivity index (χ1n) is 20.1. The largest absolute Gasteiger partial charge is 0.453 e. The van der Waals surface area contributed by atoms with Gasteiger partial charge in [-0.25, -0.2) is 24.5 Å². The molecular weight excluding hydrogens is 767 g/mol. The van der Waals surface area contributed by atoms with E-state index in [2.05, 4.69) is 30.6 Å². The highest BCUT2D eigenvalue weighted by molar-refractivity contribution is 5.88. The van der Waals surface area contributed by atoms with Crippen LogP contribution in [0.5, 0.6) is 0 Å². The number of nitrogens with one attached hydrogen (secondary N) is 4. The molecule has 0 radical (unpaired) electrons. The molecule has 2 aliphatic heterocycles. The van der Waals surface area contributed by atoms with Crippen LogP contribution in [-0.4, -0.2) is 92.1 Å². The number of methoxy groups -OCH3 is 2. The van der Waals surface area contributed by atoms with Gasteiger partial charge in [0.2, 0.25) is 11.8 Å². The van der Waals surface area contributed by atoms with E-state index in [0.29, 0.717) is 47.3 Å². The van der Waals surface area contributed by atoms with Crippen LogP contribution < -0.4 is 10.6 Å². The summed E-state index contributed by atoms with van der Waals surface area (Å²) in [5, 5.41) is 5.39. The van der Waals surface area contributed by atoms with E-state index in [4.69, 9.17) is 18.9 Å². The van der Waals surface area contributed by atoms with Crippen LogP contribution in [0, 0.1) is 5.92 Å². The van der Waals surface area contributed by atoms with Crippen molar-refractivity contribution in [2.75, 3.05) is 27.3 Å². The standard InChI is InChI=1S/C44H47N9O7/c1-25(2)36(50-43(56)58-3)41(54)52-20-8-12-33(52)39-46-24-32(48-39)29-18-19-30-35(22-29)60-40(49-30)28-16-14-26(15-17-28)31-23-45-38(47-31)34-13-9-21-53(34)42(55)37(51-44(57)59-4)27-10-6-5-7-11-27/h5-7,10-11,14-19,22-25,33-34,36-37H,8-9,12-13,20-21H2,1-4H3,(H,45,47)(H,46,48)(H,50,56)(H,51,57). The molecule has 2 aliphatic rings. The Morgan fingerprint density at radius 2 is 1.30 bits per heavy atom. The van der Waals surface area contributed by atoms with Crippen LogP contribution in [0.4, 0.5) is 9.59 Å². The highest BCUT2D eigenvalue weighted by atomic mass is 16.5. The first-order valence-corrected chi connectivity index (χ1v) is 20.1. The van der Waals surface area contributed by atoms with Gasteiger partial charge in [0.1, 0.15) is 29.2 Å². The second-order valence-electron chi connectivity index (χ2n) is 15.4. The van der Waals surface area contributed by atoms with E-state index in [9.17, 15) is 19.2 Å². The molecule has 2 fully saturated rings. The van der Waals surface area contributed by atoms with Crippen LogP contribution in [0.2, 0.25) is 0 Å². The molecule has 2 saturated heterocycles. The van der Waals surface area contributed by atoms with Crippen LogP contribution in [0.15, 0.2) is 89.6 Å². The maximum Gasteiger partial charge on any atom is 0.407 e. The monoisotopic (exact) mass is 813 g/mol. The van der Waals surface area contributed by atoms with E-state index in [1.165, 1.54) is 14.2 Å². The van der Waals surface area contributed by atoms with Gasteiger partial charge in [-0.1, -0.05) is 62.4 Å². The number of likely N-dealkylation sites (tertiary alicyclic amines) is 2. The number of H-pyrrole nitrogens is 2. The van der Waals surface area contributed by atoms with Gasteiger partial charge >= 0.3 is 12.2 Å². The van der Waals surface area contributed by atoms with Crippen LogP contribution in [0.25, 0.3) is 45.1 Å². The molecule has 4 atom stereocenters.